The number of anilines is 2. The second kappa shape index (κ2) is 10.1. The number of pyridine rings is 1. The molecule has 6 nitrogen and oxygen atoms in total. The van der Waals surface area contributed by atoms with Gasteiger partial charge in [-0.2, -0.15) is 0 Å². The first-order chi connectivity index (χ1) is 15.6. The lowest BCUT2D eigenvalue weighted by molar-refractivity contribution is 0.206. The molecular formula is C25H29ClN6. The fourth-order valence-corrected chi connectivity index (χ4v) is 4.01. The van der Waals surface area contributed by atoms with Gasteiger partial charge in [0.2, 0.25) is 0 Å². The monoisotopic (exact) mass is 448 g/mol. The molecule has 1 atom stereocenters. The first-order valence-corrected chi connectivity index (χ1v) is 11.4. The lowest BCUT2D eigenvalue weighted by Crippen LogP contribution is -2.50. The molecule has 1 unspecified atom stereocenters. The number of fused-ring (bicyclic) bond motifs is 1. The number of hydrogen-bond acceptors (Lipinski definition) is 5. The van der Waals surface area contributed by atoms with Crippen LogP contribution in [0.3, 0.4) is 0 Å². The lowest BCUT2D eigenvalue weighted by Gasteiger charge is -2.31. The molecule has 7 heteroatoms. The molecule has 166 valence electrons. The van der Waals surface area contributed by atoms with E-state index < -0.39 is 0 Å². The van der Waals surface area contributed by atoms with E-state index in [1.54, 1.807) is 6.20 Å². The van der Waals surface area contributed by atoms with Gasteiger partial charge in [0.15, 0.2) is 6.29 Å². The molecule has 1 aliphatic rings. The second-order valence-corrected chi connectivity index (χ2v) is 8.32. The summed E-state index contributed by atoms with van der Waals surface area (Å²) in [6.45, 7) is 8.92. The van der Waals surface area contributed by atoms with E-state index in [0.717, 1.165) is 58.9 Å². The van der Waals surface area contributed by atoms with Gasteiger partial charge in [-0.3, -0.25) is 19.9 Å². The number of aliphatic imine (C=N–C) groups is 2. The maximum atomic E-state index is 6.10. The highest BCUT2D eigenvalue weighted by Crippen LogP contribution is 2.27. The van der Waals surface area contributed by atoms with Crippen LogP contribution in [0, 0.1) is 0 Å². The average molecular weight is 449 g/mol. The zero-order valence-corrected chi connectivity index (χ0v) is 19.5. The van der Waals surface area contributed by atoms with Crippen molar-refractivity contribution in [2.24, 2.45) is 9.98 Å². The van der Waals surface area contributed by atoms with Crippen molar-refractivity contribution in [1.29, 1.82) is 0 Å². The van der Waals surface area contributed by atoms with Crippen molar-refractivity contribution in [3.63, 3.8) is 0 Å². The zero-order valence-electron chi connectivity index (χ0n) is 18.8. The smallest absolute Gasteiger partial charge is 0.177 e. The topological polar surface area (TPSA) is 64.9 Å². The minimum atomic E-state index is -0.0193. The van der Waals surface area contributed by atoms with Crippen molar-refractivity contribution >= 4 is 45.4 Å². The molecule has 0 bridgehead atoms. The van der Waals surface area contributed by atoms with E-state index in [-0.39, 0.29) is 6.29 Å². The Morgan fingerprint density at radius 1 is 1.12 bits per heavy atom. The van der Waals surface area contributed by atoms with Gasteiger partial charge in [0.05, 0.1) is 12.1 Å². The molecule has 3 aromatic rings. The van der Waals surface area contributed by atoms with Gasteiger partial charge in [0.1, 0.15) is 5.84 Å². The van der Waals surface area contributed by atoms with E-state index in [4.69, 9.17) is 21.6 Å². The summed E-state index contributed by atoms with van der Waals surface area (Å²) in [6.07, 6.45) is 2.55. The maximum Gasteiger partial charge on any atom is 0.177 e. The normalized spacial score (nSPS) is 17.5. The number of aromatic nitrogens is 1. The molecule has 0 fully saturated rings. The number of halogens is 1. The molecule has 4 rings (SSSR count). The first-order valence-electron chi connectivity index (χ1n) is 11.0. The lowest BCUT2D eigenvalue weighted by atomic mass is 10.1. The van der Waals surface area contributed by atoms with Crippen molar-refractivity contribution in [3.8, 4) is 0 Å². The molecule has 1 aromatic heterocycles. The van der Waals surface area contributed by atoms with E-state index in [0.29, 0.717) is 11.6 Å². The van der Waals surface area contributed by atoms with E-state index in [1.165, 1.54) is 0 Å². The number of nitrogens with zero attached hydrogens (tertiary/aromatic N) is 4. The van der Waals surface area contributed by atoms with Crippen LogP contribution in [0.2, 0.25) is 5.02 Å². The molecule has 2 aromatic carbocycles. The first kappa shape index (κ1) is 22.2. The number of benzene rings is 2. The van der Waals surface area contributed by atoms with Gasteiger partial charge in [0, 0.05) is 40.1 Å². The minimum absolute atomic E-state index is 0.0193. The Balaban J connectivity index is 1.43. The van der Waals surface area contributed by atoms with E-state index in [2.05, 4.69) is 65.6 Å². The van der Waals surface area contributed by atoms with E-state index >= 15 is 0 Å². The van der Waals surface area contributed by atoms with Crippen molar-refractivity contribution in [2.75, 3.05) is 18.4 Å². The largest absolute Gasteiger partial charge is 0.355 e. The SMILES string of the molecule is CCN(CC)C1N=C(C)CC(=NCc2ccc(Nc3ccnc4cc(Cl)ccc34)cc2)N1. The third-order valence-electron chi connectivity index (χ3n) is 5.61. The predicted octanol–water partition coefficient (Wildman–Crippen LogP) is 5.61. The number of hydrogen-bond donors (Lipinski definition) is 2. The number of rotatable bonds is 7. The standard InChI is InChI=1S/C25H29ClN6/c1-4-32(5-2)25-29-17(3)14-24(31-25)28-16-18-6-9-20(10-7-18)30-22-12-13-27-23-15-19(26)8-11-21(22)23/h6-13,15,25H,4-5,14,16H2,1-3H3,(H,27,30)(H,28,31). The third-order valence-corrected chi connectivity index (χ3v) is 5.85. The third kappa shape index (κ3) is 5.26. The van der Waals surface area contributed by atoms with Crippen LogP contribution >= 0.6 is 11.6 Å². The van der Waals surface area contributed by atoms with Crippen LogP contribution in [0.15, 0.2) is 64.7 Å². The maximum absolute atomic E-state index is 6.10. The van der Waals surface area contributed by atoms with Gasteiger partial charge in [-0.25, -0.2) is 0 Å². The quantitative estimate of drug-likeness (QED) is 0.493. The molecular weight excluding hydrogens is 420 g/mol. The Morgan fingerprint density at radius 2 is 1.91 bits per heavy atom. The highest BCUT2D eigenvalue weighted by Gasteiger charge is 2.20. The van der Waals surface area contributed by atoms with Gasteiger partial charge >= 0.3 is 0 Å². The number of amidine groups is 1. The summed E-state index contributed by atoms with van der Waals surface area (Å²) in [6, 6.07) is 16.1. The van der Waals surface area contributed by atoms with Gasteiger partial charge in [-0.05, 0) is 62.0 Å². The Morgan fingerprint density at radius 3 is 2.66 bits per heavy atom. The Bertz CT molecular complexity index is 1130. The molecule has 0 amide bonds. The molecule has 0 saturated heterocycles. The summed E-state index contributed by atoms with van der Waals surface area (Å²) in [4.78, 5) is 16.3. The van der Waals surface area contributed by atoms with Crippen LogP contribution < -0.4 is 10.6 Å². The Hall–Kier alpha value is -2.96. The highest BCUT2D eigenvalue weighted by molar-refractivity contribution is 6.31. The molecule has 2 heterocycles. The fourth-order valence-electron chi connectivity index (χ4n) is 3.84. The summed E-state index contributed by atoms with van der Waals surface area (Å²) in [5, 5.41) is 8.69. The molecule has 2 N–H and O–H groups in total. The fraction of sp³-hybridized carbons (Fsp3) is 0.320. The highest BCUT2D eigenvalue weighted by atomic mass is 35.5. The van der Waals surface area contributed by atoms with Gasteiger partial charge < -0.3 is 10.6 Å². The molecule has 0 radical (unpaired) electrons. The predicted molar refractivity (Wildman–Crippen MR) is 135 cm³/mol. The molecule has 0 saturated carbocycles. The summed E-state index contributed by atoms with van der Waals surface area (Å²) in [5.74, 6) is 0.999. The molecule has 32 heavy (non-hydrogen) atoms. The average Bonchev–Trinajstić information content (AvgIpc) is 2.79. The summed E-state index contributed by atoms with van der Waals surface area (Å²) in [5.41, 5.74) is 5.17. The summed E-state index contributed by atoms with van der Waals surface area (Å²) < 4.78 is 0. The second-order valence-electron chi connectivity index (χ2n) is 7.89. The van der Waals surface area contributed by atoms with Crippen LogP contribution in [-0.2, 0) is 6.54 Å². The molecule has 1 aliphatic heterocycles. The van der Waals surface area contributed by atoms with Crippen LogP contribution in [-0.4, -0.2) is 40.8 Å². The van der Waals surface area contributed by atoms with Crippen molar-refractivity contribution in [1.82, 2.24) is 15.2 Å². The van der Waals surface area contributed by atoms with Crippen LogP contribution in [0.4, 0.5) is 11.4 Å². The van der Waals surface area contributed by atoms with Gasteiger partial charge in [-0.1, -0.05) is 37.6 Å². The molecule has 0 aliphatic carbocycles. The van der Waals surface area contributed by atoms with Crippen LogP contribution in [0.25, 0.3) is 10.9 Å². The minimum Gasteiger partial charge on any atom is -0.355 e. The van der Waals surface area contributed by atoms with Crippen molar-refractivity contribution < 1.29 is 0 Å². The van der Waals surface area contributed by atoms with Crippen LogP contribution in [0.5, 0.6) is 0 Å². The Kier molecular flexibility index (Phi) is 7.02. The van der Waals surface area contributed by atoms with Gasteiger partial charge in [0.25, 0.3) is 0 Å². The van der Waals surface area contributed by atoms with Crippen molar-refractivity contribution in [3.05, 3.63) is 65.3 Å². The molecule has 0 spiro atoms. The van der Waals surface area contributed by atoms with Gasteiger partial charge in [-0.15, -0.1) is 0 Å². The Labute approximate surface area is 194 Å². The van der Waals surface area contributed by atoms with Crippen LogP contribution in [0.1, 0.15) is 32.8 Å². The summed E-state index contributed by atoms with van der Waals surface area (Å²) >= 11 is 6.10. The van der Waals surface area contributed by atoms with E-state index in [1.807, 2.05) is 24.3 Å². The summed E-state index contributed by atoms with van der Waals surface area (Å²) in [7, 11) is 0. The van der Waals surface area contributed by atoms with E-state index in [9.17, 15) is 0 Å². The van der Waals surface area contributed by atoms with Crippen molar-refractivity contribution in [2.45, 2.75) is 40.0 Å². The zero-order chi connectivity index (χ0) is 22.5. The number of nitrogens with one attached hydrogen (secondary N) is 2.